The molecular weight excluding hydrogens is 492 g/mol. The first kappa shape index (κ1) is 22.1. The van der Waals surface area contributed by atoms with Gasteiger partial charge in [0.25, 0.3) is 5.91 Å². The molecule has 1 heterocycles. The highest BCUT2D eigenvalue weighted by Crippen LogP contribution is 2.28. The highest BCUT2D eigenvalue weighted by Gasteiger charge is 2.33. The second-order valence-corrected chi connectivity index (χ2v) is 8.76. The van der Waals surface area contributed by atoms with Crippen LogP contribution >= 0.6 is 27.5 Å². The Morgan fingerprint density at radius 3 is 2.38 bits per heavy atom. The van der Waals surface area contributed by atoms with Crippen molar-refractivity contribution in [1.29, 1.82) is 0 Å². The lowest BCUT2D eigenvalue weighted by Gasteiger charge is -2.12. The summed E-state index contributed by atoms with van der Waals surface area (Å²) in [4.78, 5) is 26.3. The minimum atomic E-state index is -0.427. The normalized spacial score (nSPS) is 14.7. The van der Waals surface area contributed by atoms with Crippen LogP contribution in [0.2, 0.25) is 5.02 Å². The number of nitrogens with zero attached hydrogens (tertiary/aromatic N) is 1. The Morgan fingerprint density at radius 1 is 1.00 bits per heavy atom. The van der Waals surface area contributed by atoms with E-state index in [1.165, 1.54) is 4.90 Å². The minimum Gasteiger partial charge on any atom is -0.488 e. The first-order valence-electron chi connectivity index (χ1n) is 9.96. The number of rotatable bonds is 6. The number of hydrogen-bond acceptors (Lipinski definition) is 3. The number of urea groups is 1. The van der Waals surface area contributed by atoms with Gasteiger partial charge in [-0.15, -0.1) is 0 Å². The van der Waals surface area contributed by atoms with Gasteiger partial charge in [-0.05, 0) is 69.9 Å². The molecule has 0 radical (unpaired) electrons. The summed E-state index contributed by atoms with van der Waals surface area (Å²) in [6, 6.07) is 20.3. The van der Waals surface area contributed by atoms with Crippen molar-refractivity contribution in [2.75, 3.05) is 0 Å². The Balaban J connectivity index is 1.44. The van der Waals surface area contributed by atoms with Crippen LogP contribution in [0.5, 0.6) is 5.75 Å². The zero-order valence-electron chi connectivity index (χ0n) is 17.3. The van der Waals surface area contributed by atoms with E-state index in [0.717, 1.165) is 26.7 Å². The fourth-order valence-electron chi connectivity index (χ4n) is 3.22. The third-order valence-electron chi connectivity index (χ3n) is 5.00. The molecule has 0 bridgehead atoms. The fraction of sp³-hybridized carbons (Fsp3) is 0.120. The Bertz CT molecular complexity index is 1190. The van der Waals surface area contributed by atoms with Gasteiger partial charge in [0, 0.05) is 5.02 Å². The van der Waals surface area contributed by atoms with Crippen LogP contribution in [0.1, 0.15) is 22.3 Å². The zero-order valence-corrected chi connectivity index (χ0v) is 19.6. The number of imide groups is 1. The van der Waals surface area contributed by atoms with Crippen molar-refractivity contribution in [3.05, 3.63) is 104 Å². The quantitative estimate of drug-likeness (QED) is 0.322. The van der Waals surface area contributed by atoms with E-state index in [1.807, 2.05) is 73.7 Å². The molecule has 0 spiro atoms. The van der Waals surface area contributed by atoms with Crippen LogP contribution in [0.3, 0.4) is 0 Å². The van der Waals surface area contributed by atoms with Crippen LogP contribution in [-0.4, -0.2) is 16.8 Å². The molecule has 1 N–H and O–H groups in total. The zero-order chi connectivity index (χ0) is 22.7. The first-order valence-corrected chi connectivity index (χ1v) is 11.1. The van der Waals surface area contributed by atoms with E-state index in [1.54, 1.807) is 6.08 Å². The molecule has 0 atom stereocenters. The van der Waals surface area contributed by atoms with Crippen molar-refractivity contribution in [3.8, 4) is 5.75 Å². The lowest BCUT2D eigenvalue weighted by atomic mass is 10.1. The summed E-state index contributed by atoms with van der Waals surface area (Å²) >= 11 is 9.42. The van der Waals surface area contributed by atoms with E-state index in [2.05, 4.69) is 21.2 Å². The third kappa shape index (κ3) is 5.21. The molecule has 3 amide bonds. The van der Waals surface area contributed by atoms with E-state index in [-0.39, 0.29) is 18.1 Å². The summed E-state index contributed by atoms with van der Waals surface area (Å²) in [6.45, 7) is 2.62. The number of carbonyl (C=O) groups is 2. The summed E-state index contributed by atoms with van der Waals surface area (Å²) in [7, 11) is 0. The molecule has 1 aliphatic heterocycles. The van der Waals surface area contributed by atoms with Crippen LogP contribution in [0.4, 0.5) is 4.79 Å². The number of nitrogens with one attached hydrogen (secondary N) is 1. The number of aryl methyl sites for hydroxylation is 1. The maximum atomic E-state index is 12.8. The second kappa shape index (κ2) is 9.59. The molecule has 7 heteroatoms. The predicted octanol–water partition coefficient (Wildman–Crippen LogP) is 6.08. The largest absolute Gasteiger partial charge is 0.488 e. The second-order valence-electron chi connectivity index (χ2n) is 7.47. The molecule has 3 aromatic carbocycles. The summed E-state index contributed by atoms with van der Waals surface area (Å²) in [5.74, 6) is 0.319. The minimum absolute atomic E-state index is 0.226. The molecule has 4 rings (SSSR count). The highest BCUT2D eigenvalue weighted by atomic mass is 79.9. The molecule has 0 unspecified atom stereocenters. The molecule has 32 heavy (non-hydrogen) atoms. The van der Waals surface area contributed by atoms with Crippen molar-refractivity contribution < 1.29 is 14.3 Å². The standard InChI is InChI=1S/C25H20BrClN2O3/c1-16-2-4-17(5-3-16)14-29-24(30)22(28-25(29)31)13-19-8-11-23(21(26)12-19)32-15-18-6-9-20(27)10-7-18/h2-13H,14-15H2,1H3,(H,28,31)/b22-13+. The molecule has 5 nitrogen and oxygen atoms in total. The number of carbonyl (C=O) groups excluding carboxylic acids is 2. The van der Waals surface area contributed by atoms with Gasteiger partial charge in [0.2, 0.25) is 0 Å². The van der Waals surface area contributed by atoms with Gasteiger partial charge < -0.3 is 10.1 Å². The fourth-order valence-corrected chi connectivity index (χ4v) is 3.86. The van der Waals surface area contributed by atoms with Gasteiger partial charge in [-0.25, -0.2) is 4.79 Å². The van der Waals surface area contributed by atoms with Gasteiger partial charge in [0.05, 0.1) is 11.0 Å². The summed E-state index contributed by atoms with van der Waals surface area (Å²) in [5, 5.41) is 3.34. The maximum Gasteiger partial charge on any atom is 0.329 e. The van der Waals surface area contributed by atoms with Crippen molar-refractivity contribution in [2.45, 2.75) is 20.1 Å². The predicted molar refractivity (Wildman–Crippen MR) is 128 cm³/mol. The Hall–Kier alpha value is -3.09. The Morgan fingerprint density at radius 2 is 1.69 bits per heavy atom. The summed E-state index contributed by atoms with van der Waals surface area (Å²) in [6.07, 6.45) is 1.66. The van der Waals surface area contributed by atoms with Crippen molar-refractivity contribution in [1.82, 2.24) is 10.2 Å². The number of benzene rings is 3. The van der Waals surface area contributed by atoms with Crippen LogP contribution in [0, 0.1) is 6.92 Å². The van der Waals surface area contributed by atoms with Crippen LogP contribution < -0.4 is 10.1 Å². The number of amides is 3. The molecule has 0 aliphatic carbocycles. The third-order valence-corrected chi connectivity index (χ3v) is 5.87. The van der Waals surface area contributed by atoms with Crippen molar-refractivity contribution >= 4 is 45.5 Å². The molecule has 0 aromatic heterocycles. The van der Waals surface area contributed by atoms with Crippen LogP contribution in [0.15, 0.2) is 76.9 Å². The monoisotopic (exact) mass is 510 g/mol. The van der Waals surface area contributed by atoms with Gasteiger partial charge in [-0.3, -0.25) is 9.69 Å². The average Bonchev–Trinajstić information content (AvgIpc) is 3.03. The molecule has 3 aromatic rings. The molecule has 0 saturated carbocycles. The Labute approximate surface area is 199 Å². The van der Waals surface area contributed by atoms with E-state index in [4.69, 9.17) is 16.3 Å². The van der Waals surface area contributed by atoms with Gasteiger partial charge in [-0.1, -0.05) is 59.6 Å². The maximum absolute atomic E-state index is 12.8. The average molecular weight is 512 g/mol. The van der Waals surface area contributed by atoms with E-state index in [0.29, 0.717) is 17.4 Å². The highest BCUT2D eigenvalue weighted by molar-refractivity contribution is 9.10. The number of hydrogen-bond donors (Lipinski definition) is 1. The van der Waals surface area contributed by atoms with E-state index in [9.17, 15) is 9.59 Å². The Kier molecular flexibility index (Phi) is 6.63. The summed E-state index contributed by atoms with van der Waals surface area (Å²) < 4.78 is 6.61. The molecular formula is C25H20BrClN2O3. The van der Waals surface area contributed by atoms with Gasteiger partial charge in [0.15, 0.2) is 0 Å². The topological polar surface area (TPSA) is 58.6 Å². The van der Waals surface area contributed by atoms with Gasteiger partial charge in [-0.2, -0.15) is 0 Å². The van der Waals surface area contributed by atoms with Crippen molar-refractivity contribution in [2.24, 2.45) is 0 Å². The molecule has 1 aliphatic rings. The van der Waals surface area contributed by atoms with Crippen LogP contribution in [-0.2, 0) is 17.9 Å². The van der Waals surface area contributed by atoms with E-state index >= 15 is 0 Å². The smallest absolute Gasteiger partial charge is 0.329 e. The number of halogens is 2. The molecule has 1 saturated heterocycles. The molecule has 1 fully saturated rings. The van der Waals surface area contributed by atoms with Crippen LogP contribution in [0.25, 0.3) is 6.08 Å². The van der Waals surface area contributed by atoms with Gasteiger partial charge >= 0.3 is 6.03 Å². The lowest BCUT2D eigenvalue weighted by molar-refractivity contribution is -0.123. The number of ether oxygens (including phenoxy) is 1. The summed E-state index contributed by atoms with van der Waals surface area (Å²) in [5.41, 5.74) is 4.02. The molecule has 162 valence electrons. The van der Waals surface area contributed by atoms with Crippen molar-refractivity contribution in [3.63, 3.8) is 0 Å². The lowest BCUT2D eigenvalue weighted by Crippen LogP contribution is -2.30. The first-order chi connectivity index (χ1) is 15.4. The van der Waals surface area contributed by atoms with E-state index < -0.39 is 6.03 Å². The van der Waals surface area contributed by atoms with Gasteiger partial charge in [0.1, 0.15) is 18.1 Å². The SMILES string of the molecule is Cc1ccc(CN2C(=O)N/C(=C/c3ccc(OCc4ccc(Cl)cc4)c(Br)c3)C2=O)cc1.